The lowest BCUT2D eigenvalue weighted by Crippen LogP contribution is -2.52. The van der Waals surface area contributed by atoms with Crippen molar-refractivity contribution in [1.82, 2.24) is 14.7 Å². The number of benzene rings is 2. The van der Waals surface area contributed by atoms with Crippen LogP contribution < -0.4 is 9.47 Å². The number of methoxy groups -OCH3 is 1. The van der Waals surface area contributed by atoms with E-state index in [1.807, 2.05) is 36.4 Å². The summed E-state index contributed by atoms with van der Waals surface area (Å²) in [5.74, 6) is 1.14. The molecule has 0 radical (unpaired) electrons. The van der Waals surface area contributed by atoms with E-state index in [1.165, 1.54) is 0 Å². The highest BCUT2D eigenvalue weighted by Gasteiger charge is 2.35. The average Bonchev–Trinajstić information content (AvgIpc) is 3.28. The van der Waals surface area contributed by atoms with E-state index in [0.29, 0.717) is 56.3 Å². The minimum atomic E-state index is -0.350. The van der Waals surface area contributed by atoms with E-state index in [0.717, 1.165) is 18.5 Å². The summed E-state index contributed by atoms with van der Waals surface area (Å²) in [6.45, 7) is 4.38. The number of nitrogens with zero attached hydrogens (tertiary/aromatic N) is 3. The summed E-state index contributed by atoms with van der Waals surface area (Å²) >= 11 is 0. The van der Waals surface area contributed by atoms with E-state index in [1.54, 1.807) is 40.9 Å². The molecule has 2 aliphatic heterocycles. The Balaban J connectivity index is 1.56. The van der Waals surface area contributed by atoms with Crippen LogP contribution in [0.5, 0.6) is 11.5 Å². The zero-order valence-electron chi connectivity index (χ0n) is 19.7. The lowest BCUT2D eigenvalue weighted by atomic mass is 9.99. The van der Waals surface area contributed by atoms with Gasteiger partial charge >= 0.3 is 0 Å². The van der Waals surface area contributed by atoms with Crippen LogP contribution in [0.2, 0.25) is 0 Å². The first kappa shape index (κ1) is 23.6. The van der Waals surface area contributed by atoms with Crippen LogP contribution in [0.25, 0.3) is 0 Å². The standard InChI is InChI=1S/C26H31N3O5/c1-19(30)28-14-15-29(22(18-28)20-8-3-5-10-23(20)33-2)26(32)21-9-4-6-11-24(21)34-17-16-27-13-7-12-25(27)31/h3-6,8-11,22H,7,12-18H2,1-2H3/t22-/m1/s1. The van der Waals surface area contributed by atoms with Crippen molar-refractivity contribution in [3.8, 4) is 11.5 Å². The highest BCUT2D eigenvalue weighted by atomic mass is 16.5. The van der Waals surface area contributed by atoms with Crippen LogP contribution in [0.4, 0.5) is 0 Å². The first-order valence-corrected chi connectivity index (χ1v) is 11.7. The summed E-state index contributed by atoms with van der Waals surface area (Å²) < 4.78 is 11.5. The summed E-state index contributed by atoms with van der Waals surface area (Å²) in [6, 6.07) is 14.4. The molecule has 180 valence electrons. The van der Waals surface area contributed by atoms with Crippen LogP contribution in [-0.4, -0.2) is 78.9 Å². The van der Waals surface area contributed by atoms with Crippen LogP contribution in [0.15, 0.2) is 48.5 Å². The van der Waals surface area contributed by atoms with Crippen molar-refractivity contribution in [2.24, 2.45) is 0 Å². The van der Waals surface area contributed by atoms with Gasteiger partial charge in [-0.15, -0.1) is 0 Å². The quantitative estimate of drug-likeness (QED) is 0.628. The number of para-hydroxylation sites is 2. The lowest BCUT2D eigenvalue weighted by Gasteiger charge is -2.42. The van der Waals surface area contributed by atoms with Gasteiger partial charge in [0, 0.05) is 45.1 Å². The predicted octanol–water partition coefficient (Wildman–Crippen LogP) is 2.74. The molecule has 34 heavy (non-hydrogen) atoms. The number of likely N-dealkylation sites (tertiary alicyclic amines) is 1. The molecule has 2 fully saturated rings. The molecule has 0 aromatic heterocycles. The smallest absolute Gasteiger partial charge is 0.258 e. The Kier molecular flexibility index (Phi) is 7.35. The van der Waals surface area contributed by atoms with Gasteiger partial charge in [0.25, 0.3) is 5.91 Å². The first-order chi connectivity index (χ1) is 16.5. The Morgan fingerprint density at radius 1 is 1.00 bits per heavy atom. The van der Waals surface area contributed by atoms with Gasteiger partial charge in [0.2, 0.25) is 11.8 Å². The molecule has 1 atom stereocenters. The van der Waals surface area contributed by atoms with Gasteiger partial charge in [-0.2, -0.15) is 0 Å². The Bertz CT molecular complexity index is 1060. The van der Waals surface area contributed by atoms with Crippen molar-refractivity contribution in [3.63, 3.8) is 0 Å². The van der Waals surface area contributed by atoms with Crippen LogP contribution in [-0.2, 0) is 9.59 Å². The molecule has 0 saturated carbocycles. The van der Waals surface area contributed by atoms with Gasteiger partial charge < -0.3 is 24.2 Å². The van der Waals surface area contributed by atoms with E-state index >= 15 is 0 Å². The second kappa shape index (κ2) is 10.6. The SMILES string of the molecule is COc1ccccc1[C@H]1CN(C(C)=O)CCN1C(=O)c1ccccc1OCCN1CCCC1=O. The Morgan fingerprint density at radius 2 is 1.74 bits per heavy atom. The molecule has 0 aliphatic carbocycles. The van der Waals surface area contributed by atoms with Crippen molar-refractivity contribution >= 4 is 17.7 Å². The summed E-state index contributed by atoms with van der Waals surface area (Å²) in [5, 5.41) is 0. The fourth-order valence-corrected chi connectivity index (χ4v) is 4.65. The van der Waals surface area contributed by atoms with Gasteiger partial charge in [-0.1, -0.05) is 30.3 Å². The molecule has 4 rings (SSSR count). The Morgan fingerprint density at radius 3 is 2.44 bits per heavy atom. The van der Waals surface area contributed by atoms with Gasteiger partial charge in [0.15, 0.2) is 0 Å². The average molecular weight is 466 g/mol. The fraction of sp³-hybridized carbons (Fsp3) is 0.423. The van der Waals surface area contributed by atoms with Crippen LogP contribution in [0, 0.1) is 0 Å². The topological polar surface area (TPSA) is 79.4 Å². The molecule has 8 heteroatoms. The van der Waals surface area contributed by atoms with Crippen molar-refractivity contribution < 1.29 is 23.9 Å². The lowest BCUT2D eigenvalue weighted by molar-refractivity contribution is -0.131. The Hall–Kier alpha value is -3.55. The van der Waals surface area contributed by atoms with Crippen molar-refractivity contribution in [2.75, 3.05) is 46.4 Å². The number of hydrogen-bond acceptors (Lipinski definition) is 5. The van der Waals surface area contributed by atoms with Gasteiger partial charge in [0.05, 0.1) is 25.3 Å². The minimum Gasteiger partial charge on any atom is -0.496 e. The number of piperazine rings is 1. The maximum atomic E-state index is 13.8. The van der Waals surface area contributed by atoms with Crippen molar-refractivity contribution in [3.05, 3.63) is 59.7 Å². The van der Waals surface area contributed by atoms with Gasteiger partial charge in [-0.05, 0) is 24.6 Å². The number of carbonyl (C=O) groups excluding carboxylic acids is 3. The van der Waals surface area contributed by atoms with Crippen LogP contribution in [0.3, 0.4) is 0 Å². The molecule has 3 amide bonds. The number of hydrogen-bond donors (Lipinski definition) is 0. The summed E-state index contributed by atoms with van der Waals surface area (Å²) in [7, 11) is 1.60. The van der Waals surface area contributed by atoms with Crippen LogP contribution in [0.1, 0.15) is 41.7 Å². The Labute approximate surface area is 200 Å². The molecule has 8 nitrogen and oxygen atoms in total. The van der Waals surface area contributed by atoms with Gasteiger partial charge in [-0.3, -0.25) is 14.4 Å². The molecular weight excluding hydrogens is 434 g/mol. The minimum absolute atomic E-state index is 0.0211. The van der Waals surface area contributed by atoms with Gasteiger partial charge in [-0.25, -0.2) is 0 Å². The summed E-state index contributed by atoms with van der Waals surface area (Å²) in [6.07, 6.45) is 1.47. The summed E-state index contributed by atoms with van der Waals surface area (Å²) in [4.78, 5) is 43.1. The van der Waals surface area contributed by atoms with E-state index in [-0.39, 0.29) is 23.8 Å². The number of rotatable bonds is 7. The molecule has 0 spiro atoms. The molecule has 0 unspecified atom stereocenters. The highest BCUT2D eigenvalue weighted by Crippen LogP contribution is 2.34. The number of ether oxygens (including phenoxy) is 2. The molecule has 0 bridgehead atoms. The van der Waals surface area contributed by atoms with E-state index in [2.05, 4.69) is 0 Å². The zero-order chi connectivity index (χ0) is 24.1. The van der Waals surface area contributed by atoms with Crippen LogP contribution >= 0.6 is 0 Å². The monoisotopic (exact) mass is 465 g/mol. The maximum absolute atomic E-state index is 13.8. The van der Waals surface area contributed by atoms with E-state index in [9.17, 15) is 14.4 Å². The second-order valence-electron chi connectivity index (χ2n) is 8.55. The molecule has 2 aliphatic rings. The fourth-order valence-electron chi connectivity index (χ4n) is 4.65. The largest absolute Gasteiger partial charge is 0.496 e. The predicted molar refractivity (Wildman–Crippen MR) is 127 cm³/mol. The van der Waals surface area contributed by atoms with Gasteiger partial charge in [0.1, 0.15) is 18.1 Å². The van der Waals surface area contributed by atoms with Crippen molar-refractivity contribution in [2.45, 2.75) is 25.8 Å². The molecule has 2 heterocycles. The van der Waals surface area contributed by atoms with E-state index in [4.69, 9.17) is 9.47 Å². The molecule has 0 N–H and O–H groups in total. The first-order valence-electron chi connectivity index (χ1n) is 11.7. The number of carbonyl (C=O) groups is 3. The molecule has 2 aromatic rings. The molecule has 2 aromatic carbocycles. The second-order valence-corrected chi connectivity index (χ2v) is 8.55. The normalized spacial score (nSPS) is 18.2. The highest BCUT2D eigenvalue weighted by molar-refractivity contribution is 5.97. The maximum Gasteiger partial charge on any atom is 0.258 e. The zero-order valence-corrected chi connectivity index (χ0v) is 19.7. The molecular formula is C26H31N3O5. The molecule has 2 saturated heterocycles. The third-order valence-corrected chi connectivity index (χ3v) is 6.49. The number of amides is 3. The summed E-state index contributed by atoms with van der Waals surface area (Å²) in [5.41, 5.74) is 1.32. The van der Waals surface area contributed by atoms with E-state index < -0.39 is 0 Å². The third-order valence-electron chi connectivity index (χ3n) is 6.49. The van der Waals surface area contributed by atoms with Crippen molar-refractivity contribution in [1.29, 1.82) is 0 Å². The third kappa shape index (κ3) is 5.00.